The van der Waals surface area contributed by atoms with E-state index in [-0.39, 0.29) is 5.03 Å². The van der Waals surface area contributed by atoms with Gasteiger partial charge in [0.15, 0.2) is 5.03 Å². The highest BCUT2D eigenvalue weighted by molar-refractivity contribution is 7.90. The second kappa shape index (κ2) is 8.60. The zero-order valence-electron chi connectivity index (χ0n) is 20.5. The van der Waals surface area contributed by atoms with Crippen molar-refractivity contribution in [2.45, 2.75) is 23.9 Å². The standard InChI is InChI=1S/C25H24N10O2S/c1-32-14-19(10-29-32)18-8-23-22(27-9-18)12-31-35(23)38(36,37)25-13-28-24-3-2-17(15-33(24)25)20-11-30-34(16-20)21-4-6-26-7-5-21/h2-3,8-16,21,26H,4-7H2,1H3. The van der Waals surface area contributed by atoms with Crippen LogP contribution in [0.25, 0.3) is 38.9 Å². The van der Waals surface area contributed by atoms with E-state index in [1.165, 1.54) is 12.4 Å². The van der Waals surface area contributed by atoms with Crippen LogP contribution < -0.4 is 5.32 Å². The Labute approximate surface area is 217 Å². The van der Waals surface area contributed by atoms with Crippen molar-refractivity contribution in [3.8, 4) is 22.3 Å². The van der Waals surface area contributed by atoms with Crippen molar-refractivity contribution >= 4 is 26.7 Å². The summed E-state index contributed by atoms with van der Waals surface area (Å²) in [5.41, 5.74) is 4.70. The molecule has 0 aromatic carbocycles. The second-order valence-corrected chi connectivity index (χ2v) is 11.2. The van der Waals surface area contributed by atoms with Gasteiger partial charge in [0.05, 0.1) is 30.8 Å². The molecule has 192 valence electrons. The number of imidazole rings is 1. The van der Waals surface area contributed by atoms with E-state index < -0.39 is 10.0 Å². The summed E-state index contributed by atoms with van der Waals surface area (Å²) in [5.74, 6) is 0. The highest BCUT2D eigenvalue weighted by Gasteiger charge is 2.26. The summed E-state index contributed by atoms with van der Waals surface area (Å²) in [6, 6.07) is 5.85. The Bertz CT molecular complexity index is 1910. The minimum atomic E-state index is -4.09. The SMILES string of the molecule is Cn1cc(-c2cnc3cnn(S(=O)(=O)c4cnc5ccc(-c6cnn(C7CCNCC7)c6)cn45)c3c2)cn1. The molecule has 1 aliphatic rings. The van der Waals surface area contributed by atoms with Crippen LogP contribution in [0.1, 0.15) is 18.9 Å². The van der Waals surface area contributed by atoms with Crippen LogP contribution in [0.4, 0.5) is 0 Å². The molecule has 0 aliphatic carbocycles. The predicted octanol–water partition coefficient (Wildman–Crippen LogP) is 2.50. The number of rotatable bonds is 5. The highest BCUT2D eigenvalue weighted by Crippen LogP contribution is 2.28. The molecule has 0 amide bonds. The zero-order valence-corrected chi connectivity index (χ0v) is 21.3. The molecule has 1 aliphatic heterocycles. The van der Waals surface area contributed by atoms with Crippen molar-refractivity contribution in [2.75, 3.05) is 13.1 Å². The molecular weight excluding hydrogens is 504 g/mol. The molecule has 1 fully saturated rings. The van der Waals surface area contributed by atoms with Crippen LogP contribution in [-0.4, -0.2) is 64.6 Å². The van der Waals surface area contributed by atoms with E-state index in [0.29, 0.717) is 22.7 Å². The summed E-state index contributed by atoms with van der Waals surface area (Å²) in [4.78, 5) is 8.76. The summed E-state index contributed by atoms with van der Waals surface area (Å²) in [5, 5.41) is 16.4. The summed E-state index contributed by atoms with van der Waals surface area (Å²) >= 11 is 0. The van der Waals surface area contributed by atoms with Gasteiger partial charge in [-0.25, -0.2) is 4.98 Å². The lowest BCUT2D eigenvalue weighted by Gasteiger charge is -2.22. The third-order valence-corrected chi connectivity index (χ3v) is 8.58. The van der Waals surface area contributed by atoms with Gasteiger partial charge in [-0.1, -0.05) is 0 Å². The lowest BCUT2D eigenvalue weighted by molar-refractivity contribution is 0.343. The average molecular weight is 529 g/mol. The third-order valence-electron chi connectivity index (χ3n) is 7.01. The smallest absolute Gasteiger partial charge is 0.301 e. The van der Waals surface area contributed by atoms with Crippen LogP contribution in [0.15, 0.2) is 72.8 Å². The van der Waals surface area contributed by atoms with E-state index in [0.717, 1.165) is 52.3 Å². The number of aryl methyl sites for hydroxylation is 1. The van der Waals surface area contributed by atoms with Gasteiger partial charge < -0.3 is 5.32 Å². The first kappa shape index (κ1) is 22.8. The molecule has 7 heterocycles. The van der Waals surface area contributed by atoms with Crippen molar-refractivity contribution in [3.05, 3.63) is 67.8 Å². The molecule has 6 aromatic rings. The Kier molecular flexibility index (Phi) is 5.16. The zero-order chi connectivity index (χ0) is 25.9. The molecule has 38 heavy (non-hydrogen) atoms. The predicted molar refractivity (Wildman–Crippen MR) is 140 cm³/mol. The van der Waals surface area contributed by atoms with E-state index in [1.54, 1.807) is 39.8 Å². The van der Waals surface area contributed by atoms with E-state index in [4.69, 9.17) is 0 Å². The van der Waals surface area contributed by atoms with Crippen molar-refractivity contribution in [1.82, 2.24) is 48.4 Å². The van der Waals surface area contributed by atoms with Crippen LogP contribution in [0.5, 0.6) is 0 Å². The minimum absolute atomic E-state index is 0.0110. The molecule has 7 rings (SSSR count). The van der Waals surface area contributed by atoms with Crippen LogP contribution in [-0.2, 0) is 17.1 Å². The van der Waals surface area contributed by atoms with Crippen molar-refractivity contribution in [3.63, 3.8) is 0 Å². The first-order valence-electron chi connectivity index (χ1n) is 12.3. The maximum atomic E-state index is 13.9. The molecule has 0 bridgehead atoms. The van der Waals surface area contributed by atoms with Crippen LogP contribution in [0, 0.1) is 0 Å². The Morgan fingerprint density at radius 2 is 1.66 bits per heavy atom. The van der Waals surface area contributed by atoms with Gasteiger partial charge in [-0.3, -0.25) is 18.7 Å². The maximum absolute atomic E-state index is 13.9. The molecule has 6 aromatic heterocycles. The Morgan fingerprint density at radius 3 is 2.47 bits per heavy atom. The van der Waals surface area contributed by atoms with Crippen molar-refractivity contribution < 1.29 is 8.42 Å². The molecule has 0 unspecified atom stereocenters. The van der Waals surface area contributed by atoms with Gasteiger partial charge >= 0.3 is 10.0 Å². The molecule has 0 spiro atoms. The quantitative estimate of drug-likeness (QED) is 0.361. The number of nitrogens with zero attached hydrogens (tertiary/aromatic N) is 9. The largest absolute Gasteiger partial charge is 0.317 e. The summed E-state index contributed by atoms with van der Waals surface area (Å²) in [7, 11) is -2.27. The van der Waals surface area contributed by atoms with Crippen molar-refractivity contribution in [1.29, 1.82) is 0 Å². The fourth-order valence-corrected chi connectivity index (χ4v) is 6.31. The third kappa shape index (κ3) is 3.70. The minimum Gasteiger partial charge on any atom is -0.317 e. The van der Waals surface area contributed by atoms with Gasteiger partial charge in [0.2, 0.25) is 0 Å². The Morgan fingerprint density at radius 1 is 0.842 bits per heavy atom. The Hall–Kier alpha value is -4.36. The van der Waals surface area contributed by atoms with Gasteiger partial charge in [0, 0.05) is 54.1 Å². The number of pyridine rings is 2. The van der Waals surface area contributed by atoms with Crippen molar-refractivity contribution in [2.24, 2.45) is 7.05 Å². The van der Waals surface area contributed by atoms with Gasteiger partial charge in [0.1, 0.15) is 16.7 Å². The molecular formula is C25H24N10O2S. The molecule has 1 N–H and O–H groups in total. The fraction of sp³-hybridized carbons (Fsp3) is 0.240. The monoisotopic (exact) mass is 528 g/mol. The maximum Gasteiger partial charge on any atom is 0.301 e. The molecule has 0 saturated carbocycles. The normalized spacial score (nSPS) is 15.1. The van der Waals surface area contributed by atoms with E-state index in [9.17, 15) is 8.42 Å². The lowest BCUT2D eigenvalue weighted by Crippen LogP contribution is -2.29. The number of hydrogen-bond acceptors (Lipinski definition) is 8. The first-order chi connectivity index (χ1) is 18.5. The van der Waals surface area contributed by atoms with Crippen LogP contribution in [0.2, 0.25) is 0 Å². The number of piperidine rings is 1. The van der Waals surface area contributed by atoms with Gasteiger partial charge in [-0.05, 0) is 44.1 Å². The van der Waals surface area contributed by atoms with Crippen LogP contribution >= 0.6 is 0 Å². The molecule has 12 nitrogen and oxygen atoms in total. The number of aromatic nitrogens is 9. The van der Waals surface area contributed by atoms with E-state index in [2.05, 4.69) is 30.6 Å². The van der Waals surface area contributed by atoms with Gasteiger partial charge in [-0.15, -0.1) is 0 Å². The topological polar surface area (TPSA) is 130 Å². The molecule has 13 heteroatoms. The average Bonchev–Trinajstić information content (AvgIpc) is 3.74. The summed E-state index contributed by atoms with van der Waals surface area (Å²) in [6.45, 7) is 1.95. The Balaban J connectivity index is 1.29. The first-order valence-corrected chi connectivity index (χ1v) is 13.7. The van der Waals surface area contributed by atoms with E-state index in [1.807, 2.05) is 36.4 Å². The number of nitrogens with one attached hydrogen (secondary N) is 1. The number of fused-ring (bicyclic) bond motifs is 2. The lowest BCUT2D eigenvalue weighted by atomic mass is 10.1. The number of hydrogen-bond donors (Lipinski definition) is 1. The summed E-state index contributed by atoms with van der Waals surface area (Å²) < 4.78 is 34.0. The molecule has 1 saturated heterocycles. The second-order valence-electron chi connectivity index (χ2n) is 9.46. The summed E-state index contributed by atoms with van der Waals surface area (Å²) in [6.07, 6.45) is 15.7. The molecule has 0 radical (unpaired) electrons. The van der Waals surface area contributed by atoms with Gasteiger partial charge in [-0.2, -0.15) is 27.8 Å². The molecule has 0 atom stereocenters. The van der Waals surface area contributed by atoms with E-state index >= 15 is 0 Å². The highest BCUT2D eigenvalue weighted by atomic mass is 32.2. The fourth-order valence-electron chi connectivity index (χ4n) is 4.97. The van der Waals surface area contributed by atoms with Crippen LogP contribution in [0.3, 0.4) is 0 Å². The van der Waals surface area contributed by atoms with Gasteiger partial charge in [0.25, 0.3) is 0 Å².